The van der Waals surface area contributed by atoms with Crippen molar-refractivity contribution in [1.82, 2.24) is 5.32 Å². The van der Waals surface area contributed by atoms with Gasteiger partial charge in [0.05, 0.1) is 0 Å². The molecule has 5 heteroatoms. The molecular formula is C16H22N2O3. The summed E-state index contributed by atoms with van der Waals surface area (Å²) in [5, 5.41) is 5.35. The molecule has 0 radical (unpaired) electrons. The molecule has 0 saturated carbocycles. The van der Waals surface area contributed by atoms with Crippen LogP contribution in [0.15, 0.2) is 24.3 Å². The topological polar surface area (TPSA) is 75.3 Å². The fourth-order valence-electron chi connectivity index (χ4n) is 1.55. The van der Waals surface area contributed by atoms with Gasteiger partial charge in [-0.3, -0.25) is 14.4 Å². The van der Waals surface area contributed by atoms with Crippen molar-refractivity contribution in [3.05, 3.63) is 29.8 Å². The third-order valence-corrected chi connectivity index (χ3v) is 2.96. The Morgan fingerprint density at radius 1 is 1.14 bits per heavy atom. The van der Waals surface area contributed by atoms with E-state index >= 15 is 0 Å². The second-order valence-corrected chi connectivity index (χ2v) is 6.07. The molecule has 1 aromatic carbocycles. The lowest BCUT2D eigenvalue weighted by atomic mass is 9.95. The van der Waals surface area contributed by atoms with Crippen LogP contribution in [0, 0.1) is 5.41 Å². The summed E-state index contributed by atoms with van der Waals surface area (Å²) in [6.07, 6.45) is 0. The predicted molar refractivity (Wildman–Crippen MR) is 82.1 cm³/mol. The van der Waals surface area contributed by atoms with Gasteiger partial charge >= 0.3 is 0 Å². The van der Waals surface area contributed by atoms with E-state index in [1.165, 1.54) is 6.92 Å². The zero-order chi connectivity index (χ0) is 16.2. The number of nitrogens with one attached hydrogen (secondary N) is 2. The van der Waals surface area contributed by atoms with E-state index in [9.17, 15) is 14.4 Å². The summed E-state index contributed by atoms with van der Waals surface area (Å²) in [7, 11) is 0. The molecule has 0 aromatic heterocycles. The zero-order valence-corrected chi connectivity index (χ0v) is 13.1. The minimum absolute atomic E-state index is 0.0693. The first-order chi connectivity index (χ1) is 9.61. The lowest BCUT2D eigenvalue weighted by Gasteiger charge is -2.21. The van der Waals surface area contributed by atoms with Gasteiger partial charge in [-0.15, -0.1) is 0 Å². The summed E-state index contributed by atoms with van der Waals surface area (Å²) in [6, 6.07) is 6.03. The van der Waals surface area contributed by atoms with Gasteiger partial charge in [0.25, 0.3) is 0 Å². The molecule has 0 aliphatic rings. The standard InChI is InChI=1S/C16H22N2O3/c1-10(17-15(21)16(3,4)5)14(20)18-13-8-6-7-12(9-13)11(2)19/h6-10H,1-5H3,(H,17,21)(H,18,20). The first kappa shape index (κ1) is 16.9. The molecule has 2 N–H and O–H groups in total. The van der Waals surface area contributed by atoms with Crippen LogP contribution in [0.4, 0.5) is 5.69 Å². The fourth-order valence-corrected chi connectivity index (χ4v) is 1.55. The van der Waals surface area contributed by atoms with E-state index in [2.05, 4.69) is 10.6 Å². The Labute approximate surface area is 125 Å². The Morgan fingerprint density at radius 2 is 1.76 bits per heavy atom. The van der Waals surface area contributed by atoms with Crippen LogP contribution < -0.4 is 10.6 Å². The van der Waals surface area contributed by atoms with Gasteiger partial charge < -0.3 is 10.6 Å². The van der Waals surface area contributed by atoms with Crippen LogP contribution in [0.3, 0.4) is 0 Å². The van der Waals surface area contributed by atoms with Crippen molar-refractivity contribution in [3.8, 4) is 0 Å². The highest BCUT2D eigenvalue weighted by Gasteiger charge is 2.25. The smallest absolute Gasteiger partial charge is 0.246 e. The Hall–Kier alpha value is -2.17. The lowest BCUT2D eigenvalue weighted by Crippen LogP contribution is -2.46. The van der Waals surface area contributed by atoms with Crippen molar-refractivity contribution in [2.24, 2.45) is 5.41 Å². The number of benzene rings is 1. The molecule has 1 atom stereocenters. The second kappa shape index (κ2) is 6.52. The van der Waals surface area contributed by atoms with E-state index in [-0.39, 0.29) is 17.6 Å². The van der Waals surface area contributed by atoms with Crippen LogP contribution in [-0.4, -0.2) is 23.6 Å². The molecule has 5 nitrogen and oxygen atoms in total. The third kappa shape index (κ3) is 5.02. The summed E-state index contributed by atoms with van der Waals surface area (Å²) in [5.41, 5.74) is 0.507. The van der Waals surface area contributed by atoms with Crippen molar-refractivity contribution in [3.63, 3.8) is 0 Å². The maximum atomic E-state index is 12.0. The van der Waals surface area contributed by atoms with Gasteiger partial charge in [-0.05, 0) is 26.0 Å². The molecule has 0 aliphatic carbocycles. The Balaban J connectivity index is 2.71. The quantitative estimate of drug-likeness (QED) is 0.836. The highest BCUT2D eigenvalue weighted by molar-refractivity contribution is 5.99. The van der Waals surface area contributed by atoms with Crippen LogP contribution in [0.1, 0.15) is 45.0 Å². The molecule has 0 spiro atoms. The number of hydrogen-bond donors (Lipinski definition) is 2. The summed E-state index contributed by atoms with van der Waals surface area (Å²) in [4.78, 5) is 35.2. The van der Waals surface area contributed by atoms with Crippen LogP contribution in [0.5, 0.6) is 0 Å². The van der Waals surface area contributed by atoms with E-state index in [4.69, 9.17) is 0 Å². The van der Waals surface area contributed by atoms with Gasteiger partial charge in [0.2, 0.25) is 11.8 Å². The SMILES string of the molecule is CC(=O)c1cccc(NC(=O)C(C)NC(=O)C(C)(C)C)c1. The van der Waals surface area contributed by atoms with Crippen molar-refractivity contribution in [2.45, 2.75) is 40.7 Å². The average Bonchev–Trinajstić information content (AvgIpc) is 2.37. The minimum atomic E-state index is -0.655. The van der Waals surface area contributed by atoms with Gasteiger partial charge in [0.1, 0.15) is 6.04 Å². The normalized spacial score (nSPS) is 12.4. The van der Waals surface area contributed by atoms with E-state index in [0.29, 0.717) is 11.3 Å². The maximum absolute atomic E-state index is 12.0. The molecule has 1 aromatic rings. The molecule has 2 amide bonds. The summed E-state index contributed by atoms with van der Waals surface area (Å²) < 4.78 is 0. The molecular weight excluding hydrogens is 268 g/mol. The number of ketones is 1. The van der Waals surface area contributed by atoms with Gasteiger partial charge in [0.15, 0.2) is 5.78 Å². The van der Waals surface area contributed by atoms with Gasteiger partial charge in [-0.25, -0.2) is 0 Å². The monoisotopic (exact) mass is 290 g/mol. The molecule has 114 valence electrons. The van der Waals surface area contributed by atoms with E-state index in [1.54, 1.807) is 52.0 Å². The minimum Gasteiger partial charge on any atom is -0.344 e. The van der Waals surface area contributed by atoms with Crippen LogP contribution in [-0.2, 0) is 9.59 Å². The van der Waals surface area contributed by atoms with Gasteiger partial charge in [-0.2, -0.15) is 0 Å². The van der Waals surface area contributed by atoms with Crippen molar-refractivity contribution in [2.75, 3.05) is 5.32 Å². The lowest BCUT2D eigenvalue weighted by molar-refractivity contribution is -0.131. The molecule has 0 bridgehead atoms. The van der Waals surface area contributed by atoms with Crippen LogP contribution in [0.25, 0.3) is 0 Å². The number of rotatable bonds is 4. The second-order valence-electron chi connectivity index (χ2n) is 6.07. The number of hydrogen-bond acceptors (Lipinski definition) is 3. The zero-order valence-electron chi connectivity index (χ0n) is 13.1. The maximum Gasteiger partial charge on any atom is 0.246 e. The largest absolute Gasteiger partial charge is 0.344 e. The van der Waals surface area contributed by atoms with E-state index in [0.717, 1.165) is 0 Å². The molecule has 0 heterocycles. The average molecular weight is 290 g/mol. The Morgan fingerprint density at radius 3 is 2.29 bits per heavy atom. The summed E-state index contributed by atoms with van der Waals surface area (Å²) >= 11 is 0. The van der Waals surface area contributed by atoms with Gasteiger partial charge in [-0.1, -0.05) is 32.9 Å². The van der Waals surface area contributed by atoms with Crippen LogP contribution >= 0.6 is 0 Å². The highest BCUT2D eigenvalue weighted by Crippen LogP contribution is 2.14. The number of carbonyl (C=O) groups excluding carboxylic acids is 3. The number of Topliss-reactive ketones (excluding diaryl/α,β-unsaturated/α-hetero) is 1. The number of amides is 2. The van der Waals surface area contributed by atoms with E-state index in [1.807, 2.05) is 0 Å². The van der Waals surface area contributed by atoms with Crippen molar-refractivity contribution >= 4 is 23.3 Å². The fraction of sp³-hybridized carbons (Fsp3) is 0.438. The Kier molecular flexibility index (Phi) is 5.24. The van der Waals surface area contributed by atoms with Crippen LogP contribution in [0.2, 0.25) is 0 Å². The van der Waals surface area contributed by atoms with Gasteiger partial charge in [0, 0.05) is 16.7 Å². The number of anilines is 1. The molecule has 0 aliphatic heterocycles. The molecule has 21 heavy (non-hydrogen) atoms. The molecule has 1 rings (SSSR count). The first-order valence-corrected chi connectivity index (χ1v) is 6.84. The van der Waals surface area contributed by atoms with Crippen molar-refractivity contribution < 1.29 is 14.4 Å². The molecule has 0 fully saturated rings. The third-order valence-electron chi connectivity index (χ3n) is 2.96. The summed E-state index contributed by atoms with van der Waals surface area (Å²) in [6.45, 7) is 8.43. The number of carbonyl (C=O) groups is 3. The first-order valence-electron chi connectivity index (χ1n) is 6.84. The van der Waals surface area contributed by atoms with Crippen molar-refractivity contribution in [1.29, 1.82) is 0 Å². The summed E-state index contributed by atoms with van der Waals surface area (Å²) in [5.74, 6) is -0.587. The Bertz CT molecular complexity index is 559. The molecule has 1 unspecified atom stereocenters. The highest BCUT2D eigenvalue weighted by atomic mass is 16.2. The predicted octanol–water partition coefficient (Wildman–Crippen LogP) is 2.38. The molecule has 0 saturated heterocycles. The van der Waals surface area contributed by atoms with E-state index < -0.39 is 11.5 Å².